The minimum Gasteiger partial charge on any atom is -0.345 e. The first-order valence-corrected chi connectivity index (χ1v) is 10.8. The lowest BCUT2D eigenvalue weighted by atomic mass is 10.1. The first kappa shape index (κ1) is 20.9. The van der Waals surface area contributed by atoms with Crippen LogP contribution in [0.25, 0.3) is 0 Å². The zero-order chi connectivity index (χ0) is 21.0. The lowest BCUT2D eigenvalue weighted by Gasteiger charge is -2.20. The van der Waals surface area contributed by atoms with Gasteiger partial charge in [-0.2, -0.15) is 0 Å². The van der Waals surface area contributed by atoms with E-state index in [2.05, 4.69) is 5.32 Å². The summed E-state index contributed by atoms with van der Waals surface area (Å²) in [5, 5.41) is 3.08. The molecule has 0 saturated carbocycles. The molecule has 0 aliphatic rings. The van der Waals surface area contributed by atoms with Gasteiger partial charge in [0.1, 0.15) is 0 Å². The molecule has 0 fully saturated rings. The molecule has 150 valence electrons. The Morgan fingerprint density at radius 1 is 0.966 bits per heavy atom. The second-order valence-corrected chi connectivity index (χ2v) is 8.93. The average molecular weight is 429 g/mol. The Bertz CT molecular complexity index is 1100. The van der Waals surface area contributed by atoms with Crippen LogP contribution >= 0.6 is 11.6 Å². The van der Waals surface area contributed by atoms with Crippen molar-refractivity contribution in [2.24, 2.45) is 0 Å². The summed E-state index contributed by atoms with van der Waals surface area (Å²) in [5.74, 6) is -0.327. The van der Waals surface area contributed by atoms with E-state index in [1.165, 1.54) is 31.3 Å². The first-order valence-electron chi connectivity index (χ1n) is 9.00. The largest absolute Gasteiger partial charge is 0.345 e. The molecule has 0 saturated heterocycles. The van der Waals surface area contributed by atoms with E-state index in [-0.39, 0.29) is 27.4 Å². The number of carbonyl (C=O) groups excluding carboxylic acids is 1. The number of hydrogen-bond acceptors (Lipinski definition) is 3. The predicted octanol–water partition coefficient (Wildman–Crippen LogP) is 4.66. The van der Waals surface area contributed by atoms with Gasteiger partial charge in [-0.05, 0) is 42.8 Å². The fourth-order valence-corrected chi connectivity index (χ4v) is 4.34. The summed E-state index contributed by atoms with van der Waals surface area (Å²) in [4.78, 5) is 12.8. The summed E-state index contributed by atoms with van der Waals surface area (Å²) < 4.78 is 26.7. The van der Waals surface area contributed by atoms with Crippen LogP contribution in [0, 0.1) is 0 Å². The minimum atomic E-state index is -3.72. The molecule has 0 heterocycles. The maximum atomic E-state index is 12.8. The SMILES string of the molecule is CC(NC(=O)c1ccc(N(C)S(=O)(=O)c2ccccc2)cc1Cl)c1ccccc1. The fourth-order valence-electron chi connectivity index (χ4n) is 2.87. The fraction of sp³-hybridized carbons (Fsp3) is 0.136. The van der Waals surface area contributed by atoms with Crippen LogP contribution in [-0.2, 0) is 10.0 Å². The molecule has 0 spiro atoms. The molecule has 3 aromatic carbocycles. The molecular formula is C22H21ClN2O3S. The van der Waals surface area contributed by atoms with Crippen LogP contribution in [0.15, 0.2) is 83.8 Å². The van der Waals surface area contributed by atoms with Crippen molar-refractivity contribution in [3.05, 3.63) is 95.0 Å². The van der Waals surface area contributed by atoms with Crippen LogP contribution in [0.4, 0.5) is 5.69 Å². The van der Waals surface area contributed by atoms with Crippen molar-refractivity contribution in [1.82, 2.24) is 5.32 Å². The monoisotopic (exact) mass is 428 g/mol. The van der Waals surface area contributed by atoms with Gasteiger partial charge in [0.05, 0.1) is 27.2 Å². The van der Waals surface area contributed by atoms with Crippen LogP contribution in [0.5, 0.6) is 0 Å². The number of anilines is 1. The average Bonchev–Trinajstić information content (AvgIpc) is 2.74. The maximum absolute atomic E-state index is 12.8. The quantitative estimate of drug-likeness (QED) is 0.621. The number of nitrogens with zero attached hydrogens (tertiary/aromatic N) is 1. The number of hydrogen-bond donors (Lipinski definition) is 1. The molecule has 0 aliphatic heterocycles. The van der Waals surface area contributed by atoms with Crippen LogP contribution in [0.2, 0.25) is 5.02 Å². The summed E-state index contributed by atoms with van der Waals surface area (Å²) in [6.45, 7) is 1.88. The number of nitrogens with one attached hydrogen (secondary N) is 1. The van der Waals surface area contributed by atoms with E-state index in [9.17, 15) is 13.2 Å². The number of halogens is 1. The highest BCUT2D eigenvalue weighted by Gasteiger charge is 2.22. The van der Waals surface area contributed by atoms with E-state index in [4.69, 9.17) is 11.6 Å². The standard InChI is InChI=1S/C22H21ClN2O3S/c1-16(17-9-5-3-6-10-17)24-22(26)20-14-13-18(15-21(20)23)25(2)29(27,28)19-11-7-4-8-12-19/h3-16H,1-2H3,(H,24,26). The van der Waals surface area contributed by atoms with Gasteiger partial charge in [0.25, 0.3) is 15.9 Å². The second kappa shape index (κ2) is 8.68. The third-order valence-corrected chi connectivity index (χ3v) is 6.72. The van der Waals surface area contributed by atoms with E-state index >= 15 is 0 Å². The molecule has 0 aromatic heterocycles. The Balaban J connectivity index is 1.80. The van der Waals surface area contributed by atoms with Crippen molar-refractivity contribution in [3.63, 3.8) is 0 Å². The van der Waals surface area contributed by atoms with Crippen molar-refractivity contribution in [2.75, 3.05) is 11.4 Å². The molecule has 1 unspecified atom stereocenters. The van der Waals surface area contributed by atoms with Gasteiger partial charge in [0.15, 0.2) is 0 Å². The van der Waals surface area contributed by atoms with Gasteiger partial charge in [-0.25, -0.2) is 8.42 Å². The summed E-state index contributed by atoms with van der Waals surface area (Å²) in [6, 6.07) is 22.1. The third kappa shape index (κ3) is 4.60. The molecule has 1 amide bonds. The Kier molecular flexibility index (Phi) is 6.25. The van der Waals surface area contributed by atoms with Crippen molar-refractivity contribution < 1.29 is 13.2 Å². The van der Waals surface area contributed by atoms with E-state index in [1.54, 1.807) is 24.3 Å². The van der Waals surface area contributed by atoms with Gasteiger partial charge in [0.2, 0.25) is 0 Å². The molecule has 0 bridgehead atoms. The molecule has 3 rings (SSSR count). The van der Waals surface area contributed by atoms with E-state index in [0.717, 1.165) is 9.87 Å². The molecule has 1 N–H and O–H groups in total. The van der Waals surface area contributed by atoms with Crippen LogP contribution in [0.3, 0.4) is 0 Å². The Labute approximate surface area is 176 Å². The Morgan fingerprint density at radius 2 is 1.55 bits per heavy atom. The zero-order valence-electron chi connectivity index (χ0n) is 16.0. The smallest absolute Gasteiger partial charge is 0.264 e. The number of sulfonamides is 1. The van der Waals surface area contributed by atoms with Gasteiger partial charge < -0.3 is 5.32 Å². The third-order valence-electron chi connectivity index (χ3n) is 4.61. The van der Waals surface area contributed by atoms with Crippen molar-refractivity contribution in [1.29, 1.82) is 0 Å². The lowest BCUT2D eigenvalue weighted by molar-refractivity contribution is 0.0940. The summed E-state index contributed by atoms with van der Waals surface area (Å²) in [7, 11) is -2.27. The predicted molar refractivity (Wildman–Crippen MR) is 116 cm³/mol. The summed E-state index contributed by atoms with van der Waals surface area (Å²) in [6.07, 6.45) is 0. The number of carbonyl (C=O) groups is 1. The molecule has 7 heteroatoms. The topological polar surface area (TPSA) is 66.5 Å². The highest BCUT2D eigenvalue weighted by atomic mass is 35.5. The molecule has 1 atom stereocenters. The lowest BCUT2D eigenvalue weighted by Crippen LogP contribution is -2.28. The summed E-state index contributed by atoms with van der Waals surface area (Å²) in [5.41, 5.74) is 1.62. The van der Waals surface area contributed by atoms with Gasteiger partial charge in [-0.3, -0.25) is 9.10 Å². The molecule has 0 radical (unpaired) electrons. The van der Waals surface area contributed by atoms with Gasteiger partial charge in [0, 0.05) is 7.05 Å². The molecule has 0 aliphatic carbocycles. The molecule has 3 aromatic rings. The number of amides is 1. The normalized spacial score (nSPS) is 12.2. The van der Waals surface area contributed by atoms with E-state index in [1.807, 2.05) is 37.3 Å². The second-order valence-electron chi connectivity index (χ2n) is 6.56. The minimum absolute atomic E-state index is 0.176. The Morgan fingerprint density at radius 3 is 2.14 bits per heavy atom. The van der Waals surface area contributed by atoms with Crippen molar-refractivity contribution >= 4 is 33.2 Å². The van der Waals surface area contributed by atoms with Crippen molar-refractivity contribution in [2.45, 2.75) is 17.9 Å². The van der Waals surface area contributed by atoms with E-state index < -0.39 is 10.0 Å². The Hall–Kier alpha value is -2.83. The zero-order valence-corrected chi connectivity index (χ0v) is 17.6. The van der Waals surface area contributed by atoms with Crippen LogP contribution in [-0.4, -0.2) is 21.4 Å². The van der Waals surface area contributed by atoms with E-state index in [0.29, 0.717) is 5.69 Å². The van der Waals surface area contributed by atoms with Gasteiger partial charge in [-0.1, -0.05) is 60.1 Å². The van der Waals surface area contributed by atoms with Gasteiger partial charge in [-0.15, -0.1) is 0 Å². The molecule has 5 nitrogen and oxygen atoms in total. The number of benzene rings is 3. The van der Waals surface area contributed by atoms with Gasteiger partial charge >= 0.3 is 0 Å². The van der Waals surface area contributed by atoms with Crippen LogP contribution < -0.4 is 9.62 Å². The highest BCUT2D eigenvalue weighted by Crippen LogP contribution is 2.27. The molecule has 29 heavy (non-hydrogen) atoms. The number of rotatable bonds is 6. The maximum Gasteiger partial charge on any atom is 0.264 e. The van der Waals surface area contributed by atoms with Crippen LogP contribution in [0.1, 0.15) is 28.9 Å². The molecular weight excluding hydrogens is 408 g/mol. The summed E-state index contributed by atoms with van der Waals surface area (Å²) >= 11 is 6.31. The van der Waals surface area contributed by atoms with Crippen molar-refractivity contribution in [3.8, 4) is 0 Å². The highest BCUT2D eigenvalue weighted by molar-refractivity contribution is 7.92. The first-order chi connectivity index (χ1) is 13.8.